The molecule has 0 atom stereocenters. The van der Waals surface area contributed by atoms with E-state index in [1.807, 2.05) is 0 Å². The monoisotopic (exact) mass is 140 g/mol. The Morgan fingerprint density at radius 1 is 1.50 bits per heavy atom. The maximum atomic E-state index is 11.1. The number of carbonyl (C=O) groups excluding carboxylic acids is 1. The average Bonchev–Trinajstić information content (AvgIpc) is 2.45. The van der Waals surface area contributed by atoms with Gasteiger partial charge in [0.1, 0.15) is 5.60 Å². The minimum Gasteiger partial charge on any atom is -0.364 e. The number of ether oxygens (including phenoxy) is 1. The molecular weight excluding hydrogens is 128 g/mol. The molecule has 0 amide bonds. The van der Waals surface area contributed by atoms with E-state index < -0.39 is 0 Å². The van der Waals surface area contributed by atoms with Crippen molar-refractivity contribution >= 4 is 5.78 Å². The highest BCUT2D eigenvalue weighted by Crippen LogP contribution is 2.43. The van der Waals surface area contributed by atoms with Crippen molar-refractivity contribution in [1.82, 2.24) is 0 Å². The summed E-state index contributed by atoms with van der Waals surface area (Å²) in [4.78, 5) is 11.1. The standard InChI is InChI=1S/C8H12O2/c1-6(9)8-4-2-7(10-8)3-5-8/h7H,2-5H2,1H3. The van der Waals surface area contributed by atoms with E-state index in [9.17, 15) is 4.79 Å². The maximum Gasteiger partial charge on any atom is 0.161 e. The van der Waals surface area contributed by atoms with Gasteiger partial charge in [0.05, 0.1) is 6.10 Å². The fraction of sp³-hybridized carbons (Fsp3) is 0.875. The first-order valence-electron chi connectivity index (χ1n) is 3.92. The van der Waals surface area contributed by atoms with Crippen LogP contribution in [0, 0.1) is 0 Å². The van der Waals surface area contributed by atoms with Gasteiger partial charge in [0.25, 0.3) is 0 Å². The zero-order valence-electron chi connectivity index (χ0n) is 6.22. The van der Waals surface area contributed by atoms with Crippen LogP contribution in [-0.2, 0) is 9.53 Å². The highest BCUT2D eigenvalue weighted by Gasteiger charge is 2.49. The van der Waals surface area contributed by atoms with Crippen LogP contribution < -0.4 is 0 Å². The topological polar surface area (TPSA) is 26.3 Å². The number of hydrogen-bond acceptors (Lipinski definition) is 2. The van der Waals surface area contributed by atoms with Crippen molar-refractivity contribution in [3.63, 3.8) is 0 Å². The second-order valence-corrected chi connectivity index (χ2v) is 3.37. The molecule has 0 N–H and O–H groups in total. The molecule has 56 valence electrons. The molecule has 2 heterocycles. The van der Waals surface area contributed by atoms with Crippen LogP contribution in [0.1, 0.15) is 32.6 Å². The molecular formula is C8H12O2. The van der Waals surface area contributed by atoms with Crippen LogP contribution in [0.25, 0.3) is 0 Å². The van der Waals surface area contributed by atoms with Gasteiger partial charge in [-0.05, 0) is 32.6 Å². The van der Waals surface area contributed by atoms with Gasteiger partial charge in [0.15, 0.2) is 5.78 Å². The van der Waals surface area contributed by atoms with Crippen molar-refractivity contribution in [2.75, 3.05) is 0 Å². The Kier molecular flexibility index (Phi) is 1.15. The van der Waals surface area contributed by atoms with Gasteiger partial charge in [0.2, 0.25) is 0 Å². The highest BCUT2D eigenvalue weighted by molar-refractivity contribution is 5.85. The van der Waals surface area contributed by atoms with Crippen LogP contribution in [0.2, 0.25) is 0 Å². The second kappa shape index (κ2) is 1.82. The minimum atomic E-state index is -0.329. The molecule has 0 aromatic heterocycles. The van der Waals surface area contributed by atoms with Crippen molar-refractivity contribution < 1.29 is 9.53 Å². The third-order valence-electron chi connectivity index (χ3n) is 2.77. The summed E-state index contributed by atoms with van der Waals surface area (Å²) < 4.78 is 5.57. The van der Waals surface area contributed by atoms with Gasteiger partial charge in [-0.15, -0.1) is 0 Å². The predicted molar refractivity (Wildman–Crippen MR) is 36.8 cm³/mol. The number of ketones is 1. The van der Waals surface area contributed by atoms with E-state index in [0.29, 0.717) is 6.10 Å². The summed E-state index contributed by atoms with van der Waals surface area (Å²) in [7, 11) is 0. The zero-order chi connectivity index (χ0) is 7.19. The fourth-order valence-electron chi connectivity index (χ4n) is 2.05. The Labute approximate surface area is 60.6 Å². The molecule has 0 aromatic rings. The fourth-order valence-corrected chi connectivity index (χ4v) is 2.05. The van der Waals surface area contributed by atoms with Gasteiger partial charge < -0.3 is 4.74 Å². The van der Waals surface area contributed by atoms with Crippen molar-refractivity contribution in [1.29, 1.82) is 0 Å². The van der Waals surface area contributed by atoms with E-state index in [-0.39, 0.29) is 11.4 Å². The largest absolute Gasteiger partial charge is 0.364 e. The number of Topliss-reactive ketones (excluding diaryl/α,β-unsaturated/α-hetero) is 1. The van der Waals surface area contributed by atoms with E-state index in [2.05, 4.69) is 0 Å². The van der Waals surface area contributed by atoms with Crippen LogP contribution in [0.5, 0.6) is 0 Å². The molecule has 0 saturated carbocycles. The number of rotatable bonds is 1. The van der Waals surface area contributed by atoms with Gasteiger partial charge in [-0.2, -0.15) is 0 Å². The van der Waals surface area contributed by atoms with Crippen LogP contribution in [0.4, 0.5) is 0 Å². The highest BCUT2D eigenvalue weighted by atomic mass is 16.5. The average molecular weight is 140 g/mol. The zero-order valence-corrected chi connectivity index (χ0v) is 6.22. The van der Waals surface area contributed by atoms with E-state index in [1.54, 1.807) is 6.92 Å². The number of fused-ring (bicyclic) bond motifs is 2. The van der Waals surface area contributed by atoms with E-state index in [1.165, 1.54) is 0 Å². The van der Waals surface area contributed by atoms with E-state index >= 15 is 0 Å². The molecule has 0 unspecified atom stereocenters. The van der Waals surface area contributed by atoms with Crippen LogP contribution in [-0.4, -0.2) is 17.5 Å². The van der Waals surface area contributed by atoms with Gasteiger partial charge in [-0.1, -0.05) is 0 Å². The SMILES string of the molecule is CC(=O)C12CCC(CC1)O2. The summed E-state index contributed by atoms with van der Waals surface area (Å²) in [6, 6.07) is 0. The summed E-state index contributed by atoms with van der Waals surface area (Å²) >= 11 is 0. The number of hydrogen-bond donors (Lipinski definition) is 0. The second-order valence-electron chi connectivity index (χ2n) is 3.37. The third-order valence-corrected chi connectivity index (χ3v) is 2.77. The van der Waals surface area contributed by atoms with E-state index in [4.69, 9.17) is 4.74 Å². The van der Waals surface area contributed by atoms with Gasteiger partial charge >= 0.3 is 0 Å². The Morgan fingerprint density at radius 2 is 2.10 bits per heavy atom. The Bertz CT molecular complexity index is 166. The lowest BCUT2D eigenvalue weighted by Gasteiger charge is -2.19. The molecule has 2 rings (SSSR count). The van der Waals surface area contributed by atoms with Crippen molar-refractivity contribution in [2.45, 2.75) is 44.3 Å². The number of carbonyl (C=O) groups is 1. The molecule has 0 aromatic carbocycles. The molecule has 10 heavy (non-hydrogen) atoms. The summed E-state index contributed by atoms with van der Waals surface area (Å²) in [6.45, 7) is 1.65. The van der Waals surface area contributed by atoms with Gasteiger partial charge in [-0.3, -0.25) is 4.79 Å². The molecule has 2 aliphatic heterocycles. The molecule has 2 nitrogen and oxygen atoms in total. The van der Waals surface area contributed by atoms with Crippen molar-refractivity contribution in [3.05, 3.63) is 0 Å². The van der Waals surface area contributed by atoms with Crippen LogP contribution >= 0.6 is 0 Å². The molecule has 2 aliphatic rings. The molecule has 2 saturated heterocycles. The Hall–Kier alpha value is -0.370. The van der Waals surface area contributed by atoms with Crippen LogP contribution in [0.3, 0.4) is 0 Å². The molecule has 0 aliphatic carbocycles. The van der Waals surface area contributed by atoms with Gasteiger partial charge in [0, 0.05) is 0 Å². The van der Waals surface area contributed by atoms with Crippen LogP contribution in [0.15, 0.2) is 0 Å². The smallest absolute Gasteiger partial charge is 0.161 e. The summed E-state index contributed by atoms with van der Waals surface area (Å²) in [6.07, 6.45) is 4.53. The normalized spacial score (nSPS) is 44.3. The lowest BCUT2D eigenvalue weighted by molar-refractivity contribution is -0.134. The summed E-state index contributed by atoms with van der Waals surface area (Å²) in [5.41, 5.74) is -0.329. The molecule has 0 spiro atoms. The predicted octanol–water partition coefficient (Wildman–Crippen LogP) is 1.29. The Morgan fingerprint density at radius 3 is 2.30 bits per heavy atom. The minimum absolute atomic E-state index is 0.229. The quantitative estimate of drug-likeness (QED) is 0.548. The molecule has 0 radical (unpaired) electrons. The first-order chi connectivity index (χ1) is 4.73. The van der Waals surface area contributed by atoms with Crippen molar-refractivity contribution in [2.24, 2.45) is 0 Å². The van der Waals surface area contributed by atoms with Crippen molar-refractivity contribution in [3.8, 4) is 0 Å². The lowest BCUT2D eigenvalue weighted by atomic mass is 9.86. The Balaban J connectivity index is 2.23. The first kappa shape index (κ1) is 6.35. The lowest BCUT2D eigenvalue weighted by Crippen LogP contribution is -2.33. The first-order valence-corrected chi connectivity index (χ1v) is 3.92. The van der Waals surface area contributed by atoms with E-state index in [0.717, 1.165) is 25.7 Å². The summed E-state index contributed by atoms with van der Waals surface area (Å²) in [5, 5.41) is 0. The summed E-state index contributed by atoms with van der Waals surface area (Å²) in [5.74, 6) is 0.229. The third kappa shape index (κ3) is 0.655. The molecule has 2 heteroatoms. The molecule has 2 fully saturated rings. The maximum absolute atomic E-state index is 11.1. The molecule has 2 bridgehead atoms. The van der Waals surface area contributed by atoms with Gasteiger partial charge in [-0.25, -0.2) is 0 Å².